The highest BCUT2D eigenvalue weighted by Gasteiger charge is 2.21. The molecule has 4 heteroatoms. The van der Waals surface area contributed by atoms with Crippen molar-refractivity contribution in [2.45, 2.75) is 32.6 Å². The number of piperidine rings is 1. The number of methoxy groups -OCH3 is 2. The van der Waals surface area contributed by atoms with Gasteiger partial charge in [-0.25, -0.2) is 0 Å². The Labute approximate surface area is 126 Å². The Kier molecular flexibility index (Phi) is 5.55. The van der Waals surface area contributed by atoms with Crippen LogP contribution in [0.3, 0.4) is 0 Å². The fraction of sp³-hybridized carbons (Fsp3) is 0.625. The SMILES string of the molecule is CCc1c(CC2CCCNC2)cc(Cl)c(OC)c1OC. The lowest BCUT2D eigenvalue weighted by Crippen LogP contribution is -2.31. The van der Waals surface area contributed by atoms with E-state index in [1.807, 2.05) is 0 Å². The summed E-state index contributed by atoms with van der Waals surface area (Å²) in [5, 5.41) is 4.11. The molecule has 1 atom stereocenters. The van der Waals surface area contributed by atoms with Gasteiger partial charge in [0.2, 0.25) is 0 Å². The van der Waals surface area contributed by atoms with Crippen LogP contribution < -0.4 is 14.8 Å². The van der Waals surface area contributed by atoms with E-state index < -0.39 is 0 Å². The largest absolute Gasteiger partial charge is 0.493 e. The van der Waals surface area contributed by atoms with E-state index in [-0.39, 0.29) is 0 Å². The van der Waals surface area contributed by atoms with Gasteiger partial charge in [-0.1, -0.05) is 18.5 Å². The molecule has 2 rings (SSSR count). The number of halogens is 1. The zero-order chi connectivity index (χ0) is 14.5. The molecule has 20 heavy (non-hydrogen) atoms. The summed E-state index contributed by atoms with van der Waals surface area (Å²) < 4.78 is 10.9. The highest BCUT2D eigenvalue weighted by Crippen LogP contribution is 2.41. The third-order valence-electron chi connectivity index (χ3n) is 4.06. The van der Waals surface area contributed by atoms with Crippen molar-refractivity contribution in [3.8, 4) is 11.5 Å². The molecule has 1 aromatic rings. The lowest BCUT2D eigenvalue weighted by atomic mass is 9.89. The third kappa shape index (κ3) is 3.21. The summed E-state index contributed by atoms with van der Waals surface area (Å²) in [5.74, 6) is 2.13. The van der Waals surface area contributed by atoms with Crippen molar-refractivity contribution in [3.05, 3.63) is 22.2 Å². The van der Waals surface area contributed by atoms with Crippen molar-refractivity contribution in [2.24, 2.45) is 5.92 Å². The van der Waals surface area contributed by atoms with Gasteiger partial charge in [-0.2, -0.15) is 0 Å². The molecule has 1 heterocycles. The lowest BCUT2D eigenvalue weighted by Gasteiger charge is -2.25. The van der Waals surface area contributed by atoms with E-state index in [2.05, 4.69) is 18.3 Å². The second kappa shape index (κ2) is 7.19. The molecule has 1 aliphatic heterocycles. The molecule has 3 nitrogen and oxygen atoms in total. The van der Waals surface area contributed by atoms with E-state index in [1.54, 1.807) is 14.2 Å². The number of hydrogen-bond donors (Lipinski definition) is 1. The summed E-state index contributed by atoms with van der Waals surface area (Å²) in [4.78, 5) is 0. The van der Waals surface area contributed by atoms with Crippen molar-refractivity contribution in [2.75, 3.05) is 27.3 Å². The van der Waals surface area contributed by atoms with Crippen LogP contribution in [0.4, 0.5) is 0 Å². The molecular formula is C16H24ClNO2. The Morgan fingerprint density at radius 2 is 2.05 bits per heavy atom. The van der Waals surface area contributed by atoms with E-state index >= 15 is 0 Å². The van der Waals surface area contributed by atoms with Crippen LogP contribution in [-0.2, 0) is 12.8 Å². The van der Waals surface area contributed by atoms with Crippen LogP contribution in [0, 0.1) is 5.92 Å². The third-order valence-corrected chi connectivity index (χ3v) is 4.34. The minimum absolute atomic E-state index is 0.639. The number of benzene rings is 1. The van der Waals surface area contributed by atoms with Crippen LogP contribution in [0.25, 0.3) is 0 Å². The maximum Gasteiger partial charge on any atom is 0.179 e. The van der Waals surface area contributed by atoms with Gasteiger partial charge in [-0.3, -0.25) is 0 Å². The minimum atomic E-state index is 0.639. The second-order valence-corrected chi connectivity index (χ2v) is 5.74. The van der Waals surface area contributed by atoms with Crippen LogP contribution in [0.5, 0.6) is 11.5 Å². The molecule has 0 aliphatic carbocycles. The first-order valence-electron chi connectivity index (χ1n) is 7.34. The van der Waals surface area contributed by atoms with Crippen molar-refractivity contribution >= 4 is 11.6 Å². The highest BCUT2D eigenvalue weighted by molar-refractivity contribution is 6.32. The maximum atomic E-state index is 6.34. The quantitative estimate of drug-likeness (QED) is 0.903. The molecule has 1 aromatic carbocycles. The summed E-state index contributed by atoms with van der Waals surface area (Å²) in [7, 11) is 3.31. The molecule has 0 saturated carbocycles. The molecule has 0 aromatic heterocycles. The summed E-state index contributed by atoms with van der Waals surface area (Å²) in [6.45, 7) is 4.38. The second-order valence-electron chi connectivity index (χ2n) is 5.33. The summed E-state index contributed by atoms with van der Waals surface area (Å²) in [6.07, 6.45) is 4.51. The number of rotatable bonds is 5. The molecule has 1 unspecified atom stereocenters. The topological polar surface area (TPSA) is 30.5 Å². The Morgan fingerprint density at radius 1 is 1.30 bits per heavy atom. The molecular weight excluding hydrogens is 274 g/mol. The van der Waals surface area contributed by atoms with Crippen molar-refractivity contribution in [1.82, 2.24) is 5.32 Å². The first kappa shape index (κ1) is 15.5. The van der Waals surface area contributed by atoms with Crippen LogP contribution >= 0.6 is 11.6 Å². The average Bonchev–Trinajstić information content (AvgIpc) is 2.47. The van der Waals surface area contributed by atoms with Crippen molar-refractivity contribution in [3.63, 3.8) is 0 Å². The lowest BCUT2D eigenvalue weighted by molar-refractivity contribution is 0.348. The van der Waals surface area contributed by atoms with Gasteiger partial charge in [0, 0.05) is 5.56 Å². The highest BCUT2D eigenvalue weighted by atomic mass is 35.5. The van der Waals surface area contributed by atoms with Gasteiger partial charge in [0.25, 0.3) is 0 Å². The number of nitrogens with one attached hydrogen (secondary N) is 1. The van der Waals surface area contributed by atoms with Gasteiger partial charge in [-0.05, 0) is 56.3 Å². The summed E-state index contributed by atoms with van der Waals surface area (Å²) >= 11 is 6.34. The van der Waals surface area contributed by atoms with Gasteiger partial charge in [0.05, 0.1) is 19.2 Å². The van der Waals surface area contributed by atoms with Crippen LogP contribution in [0.1, 0.15) is 30.9 Å². The molecule has 1 fully saturated rings. The standard InChI is InChI=1S/C16H24ClNO2/c1-4-13-12(8-11-6-5-7-18-10-11)9-14(17)16(20-3)15(13)19-2/h9,11,18H,4-8,10H2,1-3H3. The molecule has 1 N–H and O–H groups in total. The van der Waals surface area contributed by atoms with E-state index in [1.165, 1.54) is 24.0 Å². The van der Waals surface area contributed by atoms with Crippen LogP contribution in [0.15, 0.2) is 6.07 Å². The molecule has 1 saturated heterocycles. The predicted octanol–water partition coefficient (Wildman–Crippen LogP) is 3.46. The fourth-order valence-corrected chi connectivity index (χ4v) is 3.38. The Balaban J connectivity index is 2.33. The summed E-state index contributed by atoms with van der Waals surface area (Å²) in [5.41, 5.74) is 2.52. The zero-order valence-corrected chi connectivity index (χ0v) is 13.3. The van der Waals surface area contributed by atoms with Gasteiger partial charge < -0.3 is 14.8 Å². The fourth-order valence-electron chi connectivity index (χ4n) is 3.08. The zero-order valence-electron chi connectivity index (χ0n) is 12.6. The number of ether oxygens (including phenoxy) is 2. The van der Waals surface area contributed by atoms with E-state index in [9.17, 15) is 0 Å². The van der Waals surface area contributed by atoms with Crippen LogP contribution in [-0.4, -0.2) is 27.3 Å². The molecule has 0 amide bonds. The Hall–Kier alpha value is -0.930. The summed E-state index contributed by atoms with van der Waals surface area (Å²) in [6, 6.07) is 2.05. The monoisotopic (exact) mass is 297 g/mol. The average molecular weight is 298 g/mol. The first-order chi connectivity index (χ1) is 9.71. The predicted molar refractivity (Wildman–Crippen MR) is 83.2 cm³/mol. The van der Waals surface area contributed by atoms with E-state index in [0.29, 0.717) is 16.7 Å². The molecule has 1 aliphatic rings. The normalized spacial score (nSPS) is 18.9. The molecule has 112 valence electrons. The smallest absolute Gasteiger partial charge is 0.179 e. The molecule has 0 bridgehead atoms. The Morgan fingerprint density at radius 3 is 2.60 bits per heavy atom. The molecule has 0 radical (unpaired) electrons. The van der Waals surface area contributed by atoms with Crippen molar-refractivity contribution in [1.29, 1.82) is 0 Å². The van der Waals surface area contributed by atoms with Gasteiger partial charge in [0.15, 0.2) is 11.5 Å². The van der Waals surface area contributed by atoms with Crippen LogP contribution in [0.2, 0.25) is 5.02 Å². The van der Waals surface area contributed by atoms with Gasteiger partial charge in [0.1, 0.15) is 0 Å². The Bertz CT molecular complexity index is 456. The van der Waals surface area contributed by atoms with Gasteiger partial charge >= 0.3 is 0 Å². The number of hydrogen-bond acceptors (Lipinski definition) is 3. The molecule has 0 spiro atoms. The van der Waals surface area contributed by atoms with Crippen molar-refractivity contribution < 1.29 is 9.47 Å². The van der Waals surface area contributed by atoms with E-state index in [4.69, 9.17) is 21.1 Å². The van der Waals surface area contributed by atoms with E-state index in [0.717, 1.165) is 31.7 Å². The first-order valence-corrected chi connectivity index (χ1v) is 7.72. The minimum Gasteiger partial charge on any atom is -0.493 e. The van der Waals surface area contributed by atoms with Gasteiger partial charge in [-0.15, -0.1) is 0 Å². The maximum absolute atomic E-state index is 6.34.